The van der Waals surface area contributed by atoms with Crippen molar-refractivity contribution in [3.8, 4) is 0 Å². The molecule has 2 saturated heterocycles. The predicted octanol–water partition coefficient (Wildman–Crippen LogP) is 2.71. The quantitative estimate of drug-likeness (QED) is 0.716. The van der Waals surface area contributed by atoms with E-state index in [1.807, 2.05) is 19.1 Å². The van der Waals surface area contributed by atoms with Crippen LogP contribution in [-0.4, -0.2) is 55.4 Å². The number of Topliss-reactive ketones (excluding diaryl/α,β-unsaturated/α-hetero) is 1. The topological polar surface area (TPSA) is 103 Å². The molecule has 2 heterocycles. The minimum absolute atomic E-state index is 0.0503. The highest BCUT2D eigenvalue weighted by Gasteiger charge is 2.50. The summed E-state index contributed by atoms with van der Waals surface area (Å²) in [4.78, 5) is 36.1. The molecule has 8 nitrogen and oxygen atoms in total. The average molecular weight is 424 g/mol. The fourth-order valence-electron chi connectivity index (χ4n) is 3.72. The summed E-state index contributed by atoms with van der Waals surface area (Å²) in [5.74, 6) is -0.250. The van der Waals surface area contributed by atoms with Crippen molar-refractivity contribution < 1.29 is 28.6 Å². The lowest BCUT2D eigenvalue weighted by Crippen LogP contribution is -2.44. The van der Waals surface area contributed by atoms with Crippen molar-refractivity contribution in [1.82, 2.24) is 5.32 Å². The van der Waals surface area contributed by atoms with Gasteiger partial charge < -0.3 is 19.5 Å². The fourth-order valence-corrected chi connectivity index (χ4v) is 3.72. The number of ketones is 1. The van der Waals surface area contributed by atoms with E-state index in [4.69, 9.17) is 14.2 Å². The minimum Gasteiger partial charge on any atom is -0.441 e. The number of carbonyl (C=O) groups excluding carboxylic acids is 3. The van der Waals surface area contributed by atoms with Gasteiger partial charge >= 0.3 is 6.09 Å². The maximum atomic E-state index is 12.5. The van der Waals surface area contributed by atoms with Crippen molar-refractivity contribution in [2.45, 2.75) is 38.2 Å². The van der Waals surface area contributed by atoms with Crippen LogP contribution in [-0.2, 0) is 14.2 Å². The third kappa shape index (κ3) is 4.76. The number of anilines is 1. The number of ether oxygens (including phenoxy) is 3. The summed E-state index contributed by atoms with van der Waals surface area (Å²) in [6, 6.07) is 13.5. The molecule has 162 valence electrons. The smallest absolute Gasteiger partial charge is 0.412 e. The molecule has 4 atom stereocenters. The lowest BCUT2D eigenvalue weighted by atomic mass is 10.1. The first-order valence-corrected chi connectivity index (χ1v) is 10.1. The third-order valence-electron chi connectivity index (χ3n) is 5.43. The van der Waals surface area contributed by atoms with Crippen molar-refractivity contribution in [1.29, 1.82) is 0 Å². The number of fused-ring (bicyclic) bond motifs is 1. The Morgan fingerprint density at radius 1 is 0.903 bits per heavy atom. The zero-order valence-electron chi connectivity index (χ0n) is 17.3. The Bertz CT molecular complexity index is 973. The normalized spacial score (nSPS) is 24.3. The van der Waals surface area contributed by atoms with E-state index in [-0.39, 0.29) is 37.0 Å². The second-order valence-corrected chi connectivity index (χ2v) is 7.74. The summed E-state index contributed by atoms with van der Waals surface area (Å²) in [6.07, 6.45) is -2.06. The highest BCUT2D eigenvalue weighted by Crippen LogP contribution is 2.29. The largest absolute Gasteiger partial charge is 0.441 e. The molecular formula is C23H24N2O6. The minimum atomic E-state index is -0.638. The van der Waals surface area contributed by atoms with Crippen LogP contribution in [0.1, 0.15) is 33.2 Å². The number of rotatable bonds is 5. The zero-order valence-corrected chi connectivity index (χ0v) is 17.3. The Labute approximate surface area is 179 Å². The van der Waals surface area contributed by atoms with Gasteiger partial charge in [-0.2, -0.15) is 0 Å². The molecule has 2 amide bonds. The first-order chi connectivity index (χ1) is 14.9. The molecule has 8 heteroatoms. The molecule has 0 unspecified atom stereocenters. The summed E-state index contributed by atoms with van der Waals surface area (Å²) in [6.45, 7) is 3.90. The molecular weight excluding hydrogens is 400 g/mol. The Hall–Kier alpha value is -3.23. The highest BCUT2D eigenvalue weighted by atomic mass is 16.6. The molecule has 2 aliphatic heterocycles. The second-order valence-electron chi connectivity index (χ2n) is 7.74. The average Bonchev–Trinajstić information content (AvgIpc) is 3.32. The lowest BCUT2D eigenvalue weighted by molar-refractivity contribution is 0.00862. The third-order valence-corrected chi connectivity index (χ3v) is 5.43. The molecule has 0 radical (unpaired) electrons. The number of hydrogen-bond donors (Lipinski definition) is 2. The summed E-state index contributed by atoms with van der Waals surface area (Å²) in [5.41, 5.74) is 2.72. The van der Waals surface area contributed by atoms with Crippen LogP contribution in [0.15, 0.2) is 48.5 Å². The summed E-state index contributed by atoms with van der Waals surface area (Å²) < 4.78 is 17.0. The first kappa shape index (κ1) is 21.0. The van der Waals surface area contributed by atoms with E-state index in [2.05, 4.69) is 10.6 Å². The van der Waals surface area contributed by atoms with E-state index in [0.717, 1.165) is 5.56 Å². The molecule has 31 heavy (non-hydrogen) atoms. The van der Waals surface area contributed by atoms with Gasteiger partial charge in [0.15, 0.2) is 11.9 Å². The predicted molar refractivity (Wildman–Crippen MR) is 112 cm³/mol. The Morgan fingerprint density at radius 3 is 2.23 bits per heavy atom. The molecule has 4 rings (SSSR count). The van der Waals surface area contributed by atoms with Crippen molar-refractivity contribution in [2.24, 2.45) is 0 Å². The first-order valence-electron chi connectivity index (χ1n) is 10.1. The zero-order chi connectivity index (χ0) is 22.0. The van der Waals surface area contributed by atoms with Crippen LogP contribution in [0.2, 0.25) is 0 Å². The van der Waals surface area contributed by atoms with Crippen molar-refractivity contribution in [3.63, 3.8) is 0 Å². The molecule has 0 saturated carbocycles. The van der Waals surface area contributed by atoms with Gasteiger partial charge in [-0.3, -0.25) is 14.9 Å². The Morgan fingerprint density at radius 2 is 1.55 bits per heavy atom. The van der Waals surface area contributed by atoms with Gasteiger partial charge in [-0.05, 0) is 50.2 Å². The van der Waals surface area contributed by atoms with E-state index in [1.165, 1.54) is 6.92 Å². The maximum Gasteiger partial charge on any atom is 0.412 e. The van der Waals surface area contributed by atoms with Gasteiger partial charge in [-0.1, -0.05) is 17.7 Å². The molecule has 2 fully saturated rings. The number of aryl methyl sites for hydroxylation is 1. The SMILES string of the molecule is CC(=O)c1ccc(NC(=O)O[C@@H]2CO[C@H]3[C@@H]2OC[C@@H]3NC(=O)c2ccc(C)cc2)cc1. The summed E-state index contributed by atoms with van der Waals surface area (Å²) in [7, 11) is 0. The van der Waals surface area contributed by atoms with Gasteiger partial charge in [0.05, 0.1) is 19.3 Å². The number of hydrogen-bond acceptors (Lipinski definition) is 6. The molecule has 2 aromatic rings. The number of carbonyl (C=O) groups is 3. The standard InChI is InChI=1S/C23H24N2O6/c1-13-3-5-16(6-4-13)22(27)25-18-11-29-21-19(12-30-20(18)21)31-23(28)24-17-9-7-15(8-10-17)14(2)26/h3-10,18-21H,11-12H2,1-2H3,(H,24,28)(H,25,27)/t18-,19+,20+,21+/m0/s1. The number of amides is 2. The van der Waals surface area contributed by atoms with Gasteiger partial charge in [-0.25, -0.2) is 4.79 Å². The summed E-state index contributed by atoms with van der Waals surface area (Å²) in [5, 5.41) is 5.57. The molecule has 0 aliphatic carbocycles. The van der Waals surface area contributed by atoms with Crippen LogP contribution in [0.5, 0.6) is 0 Å². The molecule has 2 N–H and O–H groups in total. The lowest BCUT2D eigenvalue weighted by Gasteiger charge is -2.18. The molecule has 0 bridgehead atoms. The second kappa shape index (κ2) is 8.87. The van der Waals surface area contributed by atoms with E-state index in [0.29, 0.717) is 16.8 Å². The highest BCUT2D eigenvalue weighted by molar-refractivity contribution is 5.95. The van der Waals surface area contributed by atoms with Crippen LogP contribution in [0.25, 0.3) is 0 Å². The van der Waals surface area contributed by atoms with E-state index in [1.54, 1.807) is 36.4 Å². The van der Waals surface area contributed by atoms with E-state index >= 15 is 0 Å². The number of nitrogens with one attached hydrogen (secondary N) is 2. The van der Waals surface area contributed by atoms with E-state index < -0.39 is 18.3 Å². The monoisotopic (exact) mass is 424 g/mol. The van der Waals surface area contributed by atoms with Crippen molar-refractivity contribution in [2.75, 3.05) is 18.5 Å². The molecule has 0 spiro atoms. The van der Waals surface area contributed by atoms with E-state index in [9.17, 15) is 14.4 Å². The fraction of sp³-hybridized carbons (Fsp3) is 0.348. The Balaban J connectivity index is 1.30. The van der Waals surface area contributed by atoms with Gasteiger partial charge in [0.1, 0.15) is 12.2 Å². The van der Waals surface area contributed by atoms with Gasteiger partial charge in [0.2, 0.25) is 0 Å². The van der Waals surface area contributed by atoms with Gasteiger partial charge in [-0.15, -0.1) is 0 Å². The van der Waals surface area contributed by atoms with Crippen molar-refractivity contribution >= 4 is 23.5 Å². The van der Waals surface area contributed by atoms with Crippen molar-refractivity contribution in [3.05, 3.63) is 65.2 Å². The van der Waals surface area contributed by atoms with Crippen LogP contribution >= 0.6 is 0 Å². The van der Waals surface area contributed by atoms with Crippen LogP contribution in [0.4, 0.5) is 10.5 Å². The van der Waals surface area contributed by atoms with Gasteiger partial charge in [0.25, 0.3) is 5.91 Å². The maximum absolute atomic E-state index is 12.5. The molecule has 2 aromatic carbocycles. The van der Waals surface area contributed by atoms with Crippen LogP contribution in [0, 0.1) is 6.92 Å². The van der Waals surface area contributed by atoms with Crippen LogP contribution < -0.4 is 10.6 Å². The van der Waals surface area contributed by atoms with Crippen LogP contribution in [0.3, 0.4) is 0 Å². The molecule has 0 aromatic heterocycles. The van der Waals surface area contributed by atoms with Gasteiger partial charge in [0, 0.05) is 16.8 Å². The summed E-state index contributed by atoms with van der Waals surface area (Å²) >= 11 is 0. The Kier molecular flexibility index (Phi) is 6.01. The molecule has 2 aliphatic rings. The number of benzene rings is 2.